The maximum Gasteiger partial charge on any atom is 0.261 e. The van der Waals surface area contributed by atoms with Gasteiger partial charge in [0, 0.05) is 15.5 Å². The summed E-state index contributed by atoms with van der Waals surface area (Å²) in [6, 6.07) is 5.06. The number of imide groups is 1. The normalized spacial score (nSPS) is 13.8. The molecule has 0 saturated heterocycles. The Bertz CT molecular complexity index is 715. The van der Waals surface area contributed by atoms with Gasteiger partial charge in [0.05, 0.1) is 17.7 Å². The Balaban J connectivity index is 1.89. The molecule has 0 saturated carbocycles. The minimum atomic E-state index is -0.290. The second-order valence-electron chi connectivity index (χ2n) is 4.16. The smallest absolute Gasteiger partial charge is 0.261 e. The quantitative estimate of drug-likeness (QED) is 0.501. The number of fused-ring (bicyclic) bond motifs is 1. The molecular formula is C12H9BrN4O2S. The highest BCUT2D eigenvalue weighted by molar-refractivity contribution is 9.10. The predicted octanol–water partition coefficient (Wildman–Crippen LogP) is 1.99. The van der Waals surface area contributed by atoms with Crippen molar-refractivity contribution in [2.75, 3.05) is 5.43 Å². The van der Waals surface area contributed by atoms with E-state index < -0.39 is 0 Å². The molecule has 0 radical (unpaired) electrons. The highest BCUT2D eigenvalue weighted by atomic mass is 79.9. The molecule has 2 heterocycles. The summed E-state index contributed by atoms with van der Waals surface area (Å²) in [4.78, 5) is 30.5. The number of carbonyl (C=O) groups is 2. The summed E-state index contributed by atoms with van der Waals surface area (Å²) in [7, 11) is 0. The van der Waals surface area contributed by atoms with Gasteiger partial charge in [-0.1, -0.05) is 27.3 Å². The van der Waals surface area contributed by atoms with Gasteiger partial charge < -0.3 is 0 Å². The fraction of sp³-hybridized carbons (Fsp3) is 0.0833. The highest BCUT2D eigenvalue weighted by Gasteiger charge is 2.35. The van der Waals surface area contributed by atoms with Crippen molar-refractivity contribution < 1.29 is 9.59 Å². The van der Waals surface area contributed by atoms with Gasteiger partial charge in [-0.2, -0.15) is 0 Å². The number of hydrogen-bond donors (Lipinski definition) is 2. The van der Waals surface area contributed by atoms with E-state index in [1.807, 2.05) is 0 Å². The van der Waals surface area contributed by atoms with Crippen LogP contribution in [0.4, 0.5) is 5.13 Å². The summed E-state index contributed by atoms with van der Waals surface area (Å²) in [6.07, 6.45) is 1.60. The third-order valence-electron chi connectivity index (χ3n) is 2.92. The number of nitrogens with two attached hydrogens (primary N) is 1. The van der Waals surface area contributed by atoms with Crippen LogP contribution in [0.25, 0.3) is 0 Å². The van der Waals surface area contributed by atoms with E-state index in [1.165, 1.54) is 16.2 Å². The van der Waals surface area contributed by atoms with Crippen LogP contribution >= 0.6 is 27.3 Å². The summed E-state index contributed by atoms with van der Waals surface area (Å²) in [5.41, 5.74) is 3.28. The number of anilines is 1. The summed E-state index contributed by atoms with van der Waals surface area (Å²) < 4.78 is 0.770. The lowest BCUT2D eigenvalue weighted by atomic mass is 10.1. The largest absolute Gasteiger partial charge is 0.300 e. The van der Waals surface area contributed by atoms with Crippen LogP contribution in [0.3, 0.4) is 0 Å². The second kappa shape index (κ2) is 4.97. The van der Waals surface area contributed by atoms with Gasteiger partial charge in [-0.3, -0.25) is 19.9 Å². The molecular weight excluding hydrogens is 344 g/mol. The number of amides is 2. The lowest BCUT2D eigenvalue weighted by Crippen LogP contribution is -2.28. The van der Waals surface area contributed by atoms with E-state index in [9.17, 15) is 9.59 Å². The molecule has 1 aromatic carbocycles. The Labute approximate surface area is 126 Å². The zero-order chi connectivity index (χ0) is 14.3. The summed E-state index contributed by atoms with van der Waals surface area (Å²) in [5.74, 6) is 4.68. The third-order valence-corrected chi connectivity index (χ3v) is 4.33. The number of nitrogens with one attached hydrogen (secondary N) is 1. The van der Waals surface area contributed by atoms with Crippen molar-refractivity contribution in [2.45, 2.75) is 6.54 Å². The van der Waals surface area contributed by atoms with Gasteiger partial charge >= 0.3 is 0 Å². The van der Waals surface area contributed by atoms with Crippen molar-refractivity contribution in [1.29, 1.82) is 0 Å². The summed E-state index contributed by atoms with van der Waals surface area (Å²) in [6.45, 7) is 0.198. The number of nitrogen functional groups attached to an aromatic ring is 1. The predicted molar refractivity (Wildman–Crippen MR) is 78.3 cm³/mol. The average molecular weight is 353 g/mol. The zero-order valence-electron chi connectivity index (χ0n) is 10.1. The van der Waals surface area contributed by atoms with Gasteiger partial charge in [0.2, 0.25) is 0 Å². The zero-order valence-corrected chi connectivity index (χ0v) is 12.5. The standard InChI is InChI=1S/C12H9BrN4O2S/c13-6-1-2-8-9(3-6)11(19)17(10(8)18)5-7-4-15-12(16-14)20-7/h1-4H,5,14H2,(H,15,16). The average Bonchev–Trinajstić information content (AvgIpc) is 2.98. The number of carbonyl (C=O) groups excluding carboxylic acids is 2. The van der Waals surface area contributed by atoms with Gasteiger partial charge in [0.1, 0.15) is 0 Å². The Hall–Kier alpha value is -1.77. The summed E-state index contributed by atoms with van der Waals surface area (Å²) >= 11 is 4.60. The highest BCUT2D eigenvalue weighted by Crippen LogP contribution is 2.28. The van der Waals surface area contributed by atoms with E-state index >= 15 is 0 Å². The SMILES string of the molecule is NNc1ncc(CN2C(=O)c3ccc(Br)cc3C2=O)s1. The molecule has 6 nitrogen and oxygen atoms in total. The van der Waals surface area contributed by atoms with Crippen LogP contribution in [0.1, 0.15) is 25.6 Å². The molecule has 0 unspecified atom stereocenters. The van der Waals surface area contributed by atoms with Gasteiger partial charge in [-0.25, -0.2) is 10.8 Å². The maximum absolute atomic E-state index is 12.3. The van der Waals surface area contributed by atoms with E-state index in [2.05, 4.69) is 26.3 Å². The number of nitrogens with zero attached hydrogens (tertiary/aromatic N) is 2. The molecule has 0 fully saturated rings. The molecule has 0 atom stereocenters. The number of benzene rings is 1. The Morgan fingerprint density at radius 1 is 1.30 bits per heavy atom. The molecule has 0 bridgehead atoms. The minimum Gasteiger partial charge on any atom is -0.300 e. The Kier molecular flexibility index (Phi) is 3.28. The first-order valence-corrected chi connectivity index (χ1v) is 7.28. The molecule has 2 aromatic rings. The minimum absolute atomic E-state index is 0.198. The first-order valence-electron chi connectivity index (χ1n) is 5.67. The molecule has 102 valence electrons. The monoisotopic (exact) mass is 352 g/mol. The van der Waals surface area contributed by atoms with Gasteiger partial charge in [-0.15, -0.1) is 0 Å². The Morgan fingerprint density at radius 2 is 2.05 bits per heavy atom. The van der Waals surface area contributed by atoms with Crippen LogP contribution in [-0.2, 0) is 6.54 Å². The molecule has 3 rings (SSSR count). The second-order valence-corrected chi connectivity index (χ2v) is 6.19. The molecule has 0 spiro atoms. The summed E-state index contributed by atoms with van der Waals surface area (Å²) in [5, 5.41) is 0.541. The fourth-order valence-corrected chi connectivity index (χ4v) is 3.08. The van der Waals surface area contributed by atoms with E-state index in [4.69, 9.17) is 5.84 Å². The van der Waals surface area contributed by atoms with Crippen molar-refractivity contribution >= 4 is 44.2 Å². The molecule has 1 aliphatic rings. The molecule has 1 aromatic heterocycles. The van der Waals surface area contributed by atoms with Crippen LogP contribution in [0.15, 0.2) is 28.9 Å². The number of hydrogen-bond acceptors (Lipinski definition) is 6. The first-order chi connectivity index (χ1) is 9.60. The topological polar surface area (TPSA) is 88.3 Å². The molecule has 3 N–H and O–H groups in total. The van der Waals surface area contributed by atoms with Gasteiger partial charge in [0.25, 0.3) is 11.8 Å². The van der Waals surface area contributed by atoms with E-state index in [0.717, 1.165) is 9.35 Å². The van der Waals surface area contributed by atoms with Crippen molar-refractivity contribution in [3.8, 4) is 0 Å². The van der Waals surface area contributed by atoms with Gasteiger partial charge in [-0.05, 0) is 18.2 Å². The van der Waals surface area contributed by atoms with E-state index in [1.54, 1.807) is 24.4 Å². The van der Waals surface area contributed by atoms with Gasteiger partial charge in [0.15, 0.2) is 5.13 Å². The molecule has 0 aliphatic carbocycles. The number of halogens is 1. The number of thiazole rings is 1. The van der Waals surface area contributed by atoms with Crippen molar-refractivity contribution in [3.05, 3.63) is 44.9 Å². The van der Waals surface area contributed by atoms with Crippen LogP contribution in [0.2, 0.25) is 0 Å². The first kappa shape index (κ1) is 13.2. The van der Waals surface area contributed by atoms with Crippen molar-refractivity contribution in [3.63, 3.8) is 0 Å². The van der Waals surface area contributed by atoms with E-state index in [0.29, 0.717) is 16.3 Å². The van der Waals surface area contributed by atoms with Crippen LogP contribution in [0, 0.1) is 0 Å². The van der Waals surface area contributed by atoms with Crippen LogP contribution in [0.5, 0.6) is 0 Å². The molecule has 1 aliphatic heterocycles. The van der Waals surface area contributed by atoms with Crippen molar-refractivity contribution in [1.82, 2.24) is 9.88 Å². The number of aromatic nitrogens is 1. The number of rotatable bonds is 3. The molecule has 20 heavy (non-hydrogen) atoms. The van der Waals surface area contributed by atoms with Crippen molar-refractivity contribution in [2.24, 2.45) is 5.84 Å². The van der Waals surface area contributed by atoms with E-state index in [-0.39, 0.29) is 18.4 Å². The maximum atomic E-state index is 12.3. The molecule has 2 amide bonds. The fourth-order valence-electron chi connectivity index (χ4n) is 2.01. The van der Waals surface area contributed by atoms with Crippen LogP contribution in [-0.4, -0.2) is 21.7 Å². The van der Waals surface area contributed by atoms with Crippen LogP contribution < -0.4 is 11.3 Å². The molecule has 8 heteroatoms. The lowest BCUT2D eigenvalue weighted by Gasteiger charge is -2.11. The Morgan fingerprint density at radius 3 is 2.75 bits per heavy atom. The lowest BCUT2D eigenvalue weighted by molar-refractivity contribution is 0.0644. The number of hydrazine groups is 1. The third kappa shape index (κ3) is 2.11.